The summed E-state index contributed by atoms with van der Waals surface area (Å²) >= 11 is 11.7. The van der Waals surface area contributed by atoms with E-state index in [4.69, 9.17) is 28.5 Å². The zero-order chi connectivity index (χ0) is 13.8. The van der Waals surface area contributed by atoms with Gasteiger partial charge in [0.15, 0.2) is 0 Å². The van der Waals surface area contributed by atoms with E-state index < -0.39 is 5.82 Å². The second kappa shape index (κ2) is 5.92. The lowest BCUT2D eigenvalue weighted by Gasteiger charge is -2.08. The summed E-state index contributed by atoms with van der Waals surface area (Å²) in [6, 6.07) is 11.4. The predicted octanol–water partition coefficient (Wildman–Crippen LogP) is 4.62. The van der Waals surface area contributed by atoms with Gasteiger partial charge in [0.2, 0.25) is 0 Å². The van der Waals surface area contributed by atoms with E-state index in [2.05, 4.69) is 5.32 Å². The van der Waals surface area contributed by atoms with Crippen molar-refractivity contribution in [2.24, 2.45) is 0 Å². The highest BCUT2D eigenvalue weighted by molar-refractivity contribution is 6.42. The molecule has 0 aromatic heterocycles. The van der Waals surface area contributed by atoms with Crippen LogP contribution in [-0.2, 0) is 6.54 Å². The predicted molar refractivity (Wildman–Crippen MR) is 74.9 cm³/mol. The zero-order valence-corrected chi connectivity index (χ0v) is 11.3. The molecule has 0 spiro atoms. The molecule has 0 atom stereocenters. The first-order valence-corrected chi connectivity index (χ1v) is 6.23. The maximum absolute atomic E-state index is 13.6. The lowest BCUT2D eigenvalue weighted by atomic mass is 10.2. The molecular formula is C14H9Cl2FN2. The number of rotatable bonds is 3. The Labute approximate surface area is 120 Å². The van der Waals surface area contributed by atoms with E-state index in [9.17, 15) is 4.39 Å². The second-order valence-electron chi connectivity index (χ2n) is 3.91. The van der Waals surface area contributed by atoms with Crippen molar-refractivity contribution >= 4 is 28.9 Å². The van der Waals surface area contributed by atoms with E-state index in [0.29, 0.717) is 22.3 Å². The quantitative estimate of drug-likeness (QED) is 0.897. The number of benzene rings is 2. The van der Waals surface area contributed by atoms with E-state index in [1.165, 1.54) is 12.1 Å². The summed E-state index contributed by atoms with van der Waals surface area (Å²) < 4.78 is 13.6. The Kier molecular flexibility index (Phi) is 4.26. The largest absolute Gasteiger partial charge is 0.379 e. The highest BCUT2D eigenvalue weighted by atomic mass is 35.5. The van der Waals surface area contributed by atoms with Crippen molar-refractivity contribution in [1.29, 1.82) is 5.26 Å². The van der Waals surface area contributed by atoms with Gasteiger partial charge >= 0.3 is 0 Å². The molecule has 19 heavy (non-hydrogen) atoms. The van der Waals surface area contributed by atoms with Crippen LogP contribution in [0.4, 0.5) is 10.1 Å². The van der Waals surface area contributed by atoms with E-state index >= 15 is 0 Å². The minimum Gasteiger partial charge on any atom is -0.379 e. The fourth-order valence-electron chi connectivity index (χ4n) is 1.57. The molecular weight excluding hydrogens is 286 g/mol. The molecule has 2 rings (SSSR count). The van der Waals surface area contributed by atoms with Gasteiger partial charge in [-0.25, -0.2) is 4.39 Å². The molecule has 0 bridgehead atoms. The Balaban J connectivity index is 2.10. The molecule has 2 aromatic rings. The zero-order valence-electron chi connectivity index (χ0n) is 9.75. The van der Waals surface area contributed by atoms with E-state index in [1.54, 1.807) is 18.2 Å². The van der Waals surface area contributed by atoms with Gasteiger partial charge in [-0.1, -0.05) is 29.3 Å². The molecule has 0 radical (unpaired) electrons. The third kappa shape index (κ3) is 3.37. The number of anilines is 1. The molecule has 0 fully saturated rings. The highest BCUT2D eigenvalue weighted by Crippen LogP contribution is 2.23. The van der Waals surface area contributed by atoms with E-state index in [-0.39, 0.29) is 5.56 Å². The minimum atomic E-state index is -0.459. The minimum absolute atomic E-state index is 0.289. The van der Waals surface area contributed by atoms with Gasteiger partial charge < -0.3 is 5.32 Å². The van der Waals surface area contributed by atoms with Crippen molar-refractivity contribution < 1.29 is 4.39 Å². The van der Waals surface area contributed by atoms with Crippen LogP contribution in [0.3, 0.4) is 0 Å². The lowest BCUT2D eigenvalue weighted by molar-refractivity contribution is 0.629. The summed E-state index contributed by atoms with van der Waals surface area (Å²) in [7, 11) is 0. The number of hydrogen-bond donors (Lipinski definition) is 1. The fraction of sp³-hybridized carbons (Fsp3) is 0.0714. The standard InChI is InChI=1S/C14H9Cl2FN2/c15-11-3-1-10(5-12(11)16)8-19-14-4-2-9(7-18)6-13(14)17/h1-6,19H,8H2. The summed E-state index contributed by atoms with van der Waals surface area (Å²) in [5.74, 6) is -0.459. The highest BCUT2D eigenvalue weighted by Gasteiger charge is 2.04. The maximum atomic E-state index is 13.6. The van der Waals surface area contributed by atoms with Crippen molar-refractivity contribution in [3.05, 3.63) is 63.4 Å². The Bertz CT molecular complexity index is 650. The Hall–Kier alpha value is -1.76. The topological polar surface area (TPSA) is 35.8 Å². The molecule has 0 saturated heterocycles. The average molecular weight is 295 g/mol. The second-order valence-corrected chi connectivity index (χ2v) is 4.72. The molecule has 0 aliphatic heterocycles. The third-order valence-corrected chi connectivity index (χ3v) is 3.30. The van der Waals surface area contributed by atoms with Crippen LogP contribution in [0.2, 0.25) is 10.0 Å². The molecule has 5 heteroatoms. The van der Waals surface area contributed by atoms with Gasteiger partial charge in [0.1, 0.15) is 5.82 Å². The van der Waals surface area contributed by atoms with Crippen LogP contribution in [0.5, 0.6) is 0 Å². The first-order chi connectivity index (χ1) is 9.10. The van der Waals surface area contributed by atoms with Gasteiger partial charge in [-0.05, 0) is 35.9 Å². The number of nitriles is 1. The number of nitrogens with zero attached hydrogens (tertiary/aromatic N) is 1. The molecule has 0 unspecified atom stereocenters. The van der Waals surface area contributed by atoms with Crippen LogP contribution < -0.4 is 5.32 Å². The smallest absolute Gasteiger partial charge is 0.147 e. The molecule has 96 valence electrons. The van der Waals surface area contributed by atoms with Crippen LogP contribution in [0.15, 0.2) is 36.4 Å². The first-order valence-electron chi connectivity index (χ1n) is 5.47. The van der Waals surface area contributed by atoms with Crippen LogP contribution in [0.1, 0.15) is 11.1 Å². The molecule has 2 aromatic carbocycles. The summed E-state index contributed by atoms with van der Waals surface area (Å²) in [6.07, 6.45) is 0. The number of halogens is 3. The average Bonchev–Trinajstić information content (AvgIpc) is 2.41. The summed E-state index contributed by atoms with van der Waals surface area (Å²) in [4.78, 5) is 0. The molecule has 0 aliphatic rings. The number of hydrogen-bond acceptors (Lipinski definition) is 2. The molecule has 0 aliphatic carbocycles. The van der Waals surface area contributed by atoms with Crippen LogP contribution in [0, 0.1) is 17.1 Å². The lowest BCUT2D eigenvalue weighted by Crippen LogP contribution is -2.01. The van der Waals surface area contributed by atoms with Gasteiger partial charge in [-0.15, -0.1) is 0 Å². The van der Waals surface area contributed by atoms with Gasteiger partial charge in [0.25, 0.3) is 0 Å². The van der Waals surface area contributed by atoms with Crippen molar-refractivity contribution in [2.75, 3.05) is 5.32 Å². The van der Waals surface area contributed by atoms with Crippen LogP contribution >= 0.6 is 23.2 Å². The summed E-state index contributed by atoms with van der Waals surface area (Å²) in [5, 5.41) is 12.5. The van der Waals surface area contributed by atoms with E-state index in [1.807, 2.05) is 12.1 Å². The molecule has 1 N–H and O–H groups in total. The fourth-order valence-corrected chi connectivity index (χ4v) is 1.90. The summed E-state index contributed by atoms with van der Waals surface area (Å²) in [6.45, 7) is 0.416. The Morgan fingerprint density at radius 1 is 1.11 bits per heavy atom. The number of nitrogens with one attached hydrogen (secondary N) is 1. The van der Waals surface area contributed by atoms with Crippen molar-refractivity contribution in [2.45, 2.75) is 6.54 Å². The SMILES string of the molecule is N#Cc1ccc(NCc2ccc(Cl)c(Cl)c2)c(F)c1. The van der Waals surface area contributed by atoms with Gasteiger partial charge in [0.05, 0.1) is 27.4 Å². The molecule has 0 saturated carbocycles. The van der Waals surface area contributed by atoms with Gasteiger partial charge in [0, 0.05) is 6.54 Å². The Morgan fingerprint density at radius 3 is 2.53 bits per heavy atom. The molecule has 0 heterocycles. The maximum Gasteiger partial charge on any atom is 0.147 e. The van der Waals surface area contributed by atoms with Gasteiger partial charge in [-0.3, -0.25) is 0 Å². The van der Waals surface area contributed by atoms with Crippen molar-refractivity contribution in [3.63, 3.8) is 0 Å². The Morgan fingerprint density at radius 2 is 1.89 bits per heavy atom. The molecule has 0 amide bonds. The van der Waals surface area contributed by atoms with Crippen LogP contribution in [-0.4, -0.2) is 0 Å². The third-order valence-electron chi connectivity index (χ3n) is 2.57. The molecule has 2 nitrogen and oxygen atoms in total. The van der Waals surface area contributed by atoms with Gasteiger partial charge in [-0.2, -0.15) is 5.26 Å². The monoisotopic (exact) mass is 294 g/mol. The van der Waals surface area contributed by atoms with Crippen molar-refractivity contribution in [1.82, 2.24) is 0 Å². The summed E-state index contributed by atoms with van der Waals surface area (Å²) in [5.41, 5.74) is 1.51. The normalized spacial score (nSPS) is 10.0. The van der Waals surface area contributed by atoms with Crippen LogP contribution in [0.25, 0.3) is 0 Å². The van der Waals surface area contributed by atoms with E-state index in [0.717, 1.165) is 5.56 Å². The van der Waals surface area contributed by atoms with Crippen molar-refractivity contribution in [3.8, 4) is 6.07 Å². The first kappa shape index (κ1) is 13.7.